The normalized spacial score (nSPS) is 24.7. The molecule has 0 saturated carbocycles. The molecule has 12 heteroatoms. The van der Waals surface area contributed by atoms with Gasteiger partial charge in [0.05, 0.1) is 5.54 Å². The van der Waals surface area contributed by atoms with E-state index in [1.54, 1.807) is 52.0 Å². The number of aliphatic imine (C=N–C) groups is 1. The number of hydrogen-bond donors (Lipinski definition) is 6. The number of ketones is 1. The summed E-state index contributed by atoms with van der Waals surface area (Å²) in [6, 6.07) is 7.07. The van der Waals surface area contributed by atoms with Crippen molar-refractivity contribution >= 4 is 35.4 Å². The van der Waals surface area contributed by atoms with Crippen LogP contribution in [-0.2, 0) is 24.0 Å². The van der Waals surface area contributed by atoms with Crippen molar-refractivity contribution in [2.45, 2.75) is 103 Å². The number of carbonyl (C=O) groups is 5. The zero-order valence-electron chi connectivity index (χ0n) is 26.6. The highest BCUT2D eigenvalue weighted by Gasteiger charge is 2.38. The predicted molar refractivity (Wildman–Crippen MR) is 170 cm³/mol. The molecule has 44 heavy (non-hydrogen) atoms. The van der Waals surface area contributed by atoms with Crippen LogP contribution in [0, 0.1) is 11.8 Å². The van der Waals surface area contributed by atoms with Crippen molar-refractivity contribution < 1.29 is 24.0 Å². The van der Waals surface area contributed by atoms with E-state index in [-0.39, 0.29) is 55.3 Å². The second-order valence-electron chi connectivity index (χ2n) is 12.0. The van der Waals surface area contributed by atoms with Gasteiger partial charge in [0.15, 0.2) is 11.7 Å². The Morgan fingerprint density at radius 2 is 1.68 bits per heavy atom. The van der Waals surface area contributed by atoms with E-state index in [1.807, 2.05) is 6.07 Å². The molecule has 2 rings (SSSR count). The van der Waals surface area contributed by atoms with Crippen LogP contribution in [0.15, 0.2) is 35.3 Å². The maximum absolute atomic E-state index is 13.8. The van der Waals surface area contributed by atoms with E-state index in [0.717, 1.165) is 19.3 Å². The molecular formula is C32H51N7O5. The summed E-state index contributed by atoms with van der Waals surface area (Å²) in [5.41, 5.74) is 10.4. The van der Waals surface area contributed by atoms with Crippen LogP contribution in [-0.4, -0.2) is 60.0 Å². The van der Waals surface area contributed by atoms with Crippen LogP contribution in [0.2, 0.25) is 0 Å². The number of rotatable bonds is 8. The second-order valence-corrected chi connectivity index (χ2v) is 12.0. The Morgan fingerprint density at radius 1 is 1.00 bits per heavy atom. The van der Waals surface area contributed by atoms with Gasteiger partial charge in [-0.25, -0.2) is 0 Å². The van der Waals surface area contributed by atoms with Gasteiger partial charge in [0.1, 0.15) is 12.1 Å². The second kappa shape index (κ2) is 18.0. The Labute approximate surface area is 260 Å². The molecule has 4 atom stereocenters. The minimum absolute atomic E-state index is 0.0704. The van der Waals surface area contributed by atoms with Crippen LogP contribution in [0.25, 0.3) is 0 Å². The van der Waals surface area contributed by atoms with Crippen molar-refractivity contribution in [3.05, 3.63) is 35.9 Å². The van der Waals surface area contributed by atoms with Crippen molar-refractivity contribution in [2.24, 2.45) is 28.3 Å². The molecule has 0 spiro atoms. The van der Waals surface area contributed by atoms with E-state index < -0.39 is 35.4 Å². The largest absolute Gasteiger partial charge is 0.370 e. The van der Waals surface area contributed by atoms with Gasteiger partial charge in [-0.3, -0.25) is 29.0 Å². The zero-order valence-corrected chi connectivity index (χ0v) is 26.6. The fraction of sp³-hybridized carbons (Fsp3) is 0.625. The van der Waals surface area contributed by atoms with Crippen molar-refractivity contribution in [2.75, 3.05) is 13.1 Å². The van der Waals surface area contributed by atoms with Crippen LogP contribution in [0.5, 0.6) is 0 Å². The van der Waals surface area contributed by atoms with E-state index in [1.165, 1.54) is 0 Å². The molecule has 1 aromatic rings. The Morgan fingerprint density at radius 3 is 2.32 bits per heavy atom. The lowest BCUT2D eigenvalue weighted by Crippen LogP contribution is -2.55. The lowest BCUT2D eigenvalue weighted by Gasteiger charge is -2.32. The number of guanidine groups is 1. The number of nitrogens with two attached hydrogens (primary N) is 2. The summed E-state index contributed by atoms with van der Waals surface area (Å²) < 4.78 is 0. The summed E-state index contributed by atoms with van der Waals surface area (Å²) in [5, 5.41) is 11.5. The zero-order chi connectivity index (χ0) is 32.7. The molecule has 0 radical (unpaired) electrons. The molecule has 8 N–H and O–H groups in total. The fourth-order valence-corrected chi connectivity index (χ4v) is 5.11. The fourth-order valence-electron chi connectivity index (χ4n) is 5.11. The quantitative estimate of drug-likeness (QED) is 0.146. The average Bonchev–Trinajstić information content (AvgIpc) is 2.98. The van der Waals surface area contributed by atoms with Crippen molar-refractivity contribution in [3.63, 3.8) is 0 Å². The molecule has 1 heterocycles. The molecule has 0 aliphatic carbocycles. The Bertz CT molecular complexity index is 1150. The van der Waals surface area contributed by atoms with Crippen LogP contribution in [0.3, 0.4) is 0 Å². The molecule has 0 unspecified atom stereocenters. The van der Waals surface area contributed by atoms with E-state index in [2.05, 4.69) is 26.3 Å². The number of amides is 4. The third-order valence-electron chi connectivity index (χ3n) is 7.97. The molecule has 1 fully saturated rings. The standard InChI is InChI=1S/C32H51N7O5/c1-5-24-29(43)38-26(22-14-9-8-10-15-22)30(44)35-18-12-7-6-11-17-32(4,39-27(41)21(2)3)25(40)20-23(28(42)37-24)16-13-19-36-31(33)34/h8-10,14-15,21,23-24,26H,5-7,11-13,16-20H2,1-4H3,(H,35,44)(H,37,42)(H,38,43)(H,39,41)(H4,33,34,36)/t23-,24-,26+,32+/m0/s1. The van der Waals surface area contributed by atoms with Crippen LogP contribution < -0.4 is 32.7 Å². The number of nitrogens with one attached hydrogen (secondary N) is 4. The topological polar surface area (TPSA) is 198 Å². The molecule has 1 aliphatic heterocycles. The van der Waals surface area contributed by atoms with Gasteiger partial charge >= 0.3 is 0 Å². The van der Waals surface area contributed by atoms with E-state index in [0.29, 0.717) is 31.4 Å². The van der Waals surface area contributed by atoms with Gasteiger partial charge in [-0.15, -0.1) is 0 Å². The van der Waals surface area contributed by atoms with Crippen molar-refractivity contribution in [1.29, 1.82) is 0 Å². The molecule has 12 nitrogen and oxygen atoms in total. The van der Waals surface area contributed by atoms with Crippen LogP contribution >= 0.6 is 0 Å². The lowest BCUT2D eigenvalue weighted by atomic mass is 9.82. The van der Waals surface area contributed by atoms with E-state index in [9.17, 15) is 24.0 Å². The molecule has 244 valence electrons. The maximum atomic E-state index is 13.8. The molecule has 1 aromatic carbocycles. The third-order valence-corrected chi connectivity index (χ3v) is 7.97. The van der Waals surface area contributed by atoms with Gasteiger partial charge < -0.3 is 32.7 Å². The van der Waals surface area contributed by atoms with Gasteiger partial charge in [0.25, 0.3) is 0 Å². The smallest absolute Gasteiger partial charge is 0.247 e. The molecule has 1 saturated heterocycles. The van der Waals surface area contributed by atoms with E-state index >= 15 is 0 Å². The van der Waals surface area contributed by atoms with Gasteiger partial charge in [0, 0.05) is 31.3 Å². The summed E-state index contributed by atoms with van der Waals surface area (Å²) in [7, 11) is 0. The number of benzene rings is 1. The van der Waals surface area contributed by atoms with Crippen molar-refractivity contribution in [1.82, 2.24) is 21.3 Å². The highest BCUT2D eigenvalue weighted by atomic mass is 16.2. The van der Waals surface area contributed by atoms with Crippen LogP contribution in [0.1, 0.15) is 97.1 Å². The Kier molecular flexibility index (Phi) is 14.8. The third kappa shape index (κ3) is 11.6. The maximum Gasteiger partial charge on any atom is 0.247 e. The Hall–Kier alpha value is -3.96. The summed E-state index contributed by atoms with van der Waals surface area (Å²) >= 11 is 0. The molecule has 0 bridgehead atoms. The summed E-state index contributed by atoms with van der Waals surface area (Å²) in [6.07, 6.45) is 4.25. The Balaban J connectivity index is 2.39. The summed E-state index contributed by atoms with van der Waals surface area (Å²) in [6.45, 7) is 7.69. The van der Waals surface area contributed by atoms with Gasteiger partial charge in [-0.1, -0.05) is 70.4 Å². The van der Waals surface area contributed by atoms with Crippen LogP contribution in [0.4, 0.5) is 0 Å². The minimum Gasteiger partial charge on any atom is -0.370 e. The van der Waals surface area contributed by atoms with Gasteiger partial charge in [-0.05, 0) is 44.6 Å². The SMILES string of the molecule is CC[C@@H]1NC(=O)[C@@H](CCCN=C(N)N)CC(=O)[C@](C)(NC(=O)C(C)C)CCCCCCNC(=O)[C@@H](c2ccccc2)NC1=O. The minimum atomic E-state index is -1.16. The van der Waals surface area contributed by atoms with Gasteiger partial charge in [-0.2, -0.15) is 0 Å². The first-order chi connectivity index (χ1) is 20.9. The first-order valence-corrected chi connectivity index (χ1v) is 15.7. The molecule has 1 aliphatic rings. The molecule has 0 aromatic heterocycles. The molecule has 4 amide bonds. The van der Waals surface area contributed by atoms with Gasteiger partial charge in [0.2, 0.25) is 23.6 Å². The highest BCUT2D eigenvalue weighted by molar-refractivity contribution is 5.97. The summed E-state index contributed by atoms with van der Waals surface area (Å²) in [4.78, 5) is 70.9. The monoisotopic (exact) mass is 613 g/mol. The predicted octanol–water partition coefficient (Wildman–Crippen LogP) is 1.98. The lowest BCUT2D eigenvalue weighted by molar-refractivity contribution is -0.137. The van der Waals surface area contributed by atoms with Crippen molar-refractivity contribution in [3.8, 4) is 0 Å². The first-order valence-electron chi connectivity index (χ1n) is 15.7. The highest BCUT2D eigenvalue weighted by Crippen LogP contribution is 2.24. The number of Topliss-reactive ketones (excluding diaryl/α,β-unsaturated/α-hetero) is 1. The van der Waals surface area contributed by atoms with E-state index in [4.69, 9.17) is 11.5 Å². The number of hydrogen-bond acceptors (Lipinski definition) is 6. The average molecular weight is 614 g/mol. The summed E-state index contributed by atoms with van der Waals surface area (Å²) in [5.74, 6) is -2.98. The molecular weight excluding hydrogens is 562 g/mol. The number of carbonyl (C=O) groups excluding carboxylic acids is 5. The first kappa shape index (κ1) is 36.2. The number of nitrogens with zero attached hydrogens (tertiary/aromatic N) is 1.